The van der Waals surface area contributed by atoms with E-state index in [2.05, 4.69) is 20.5 Å². The molecule has 0 radical (unpaired) electrons. The Labute approximate surface area is 158 Å². The van der Waals surface area contributed by atoms with Crippen molar-refractivity contribution >= 4 is 5.91 Å². The topological polar surface area (TPSA) is 106 Å². The highest BCUT2D eigenvalue weighted by atomic mass is 16.5. The number of hydrogen-bond acceptors (Lipinski definition) is 6. The van der Waals surface area contributed by atoms with Crippen LogP contribution in [0.15, 0.2) is 29.1 Å². The minimum absolute atomic E-state index is 0.0494. The maximum Gasteiger partial charge on any atom is 0.273 e. The molecule has 27 heavy (non-hydrogen) atoms. The summed E-state index contributed by atoms with van der Waals surface area (Å²) in [5, 5.41) is 10.9. The van der Waals surface area contributed by atoms with Gasteiger partial charge in [0, 0.05) is 38.7 Å². The molecule has 1 heterocycles. The number of carbonyl (C=O) groups excluding carboxylic acids is 1. The third-order valence-electron chi connectivity index (χ3n) is 3.68. The van der Waals surface area contributed by atoms with Gasteiger partial charge in [0.05, 0.1) is 6.10 Å². The molecule has 0 saturated heterocycles. The lowest BCUT2D eigenvalue weighted by Gasteiger charge is -2.10. The molecular formula is C19H26N4O4. The van der Waals surface area contributed by atoms with Gasteiger partial charge in [-0.3, -0.25) is 9.59 Å². The van der Waals surface area contributed by atoms with Crippen LogP contribution in [0.4, 0.5) is 0 Å². The zero-order valence-electron chi connectivity index (χ0n) is 15.9. The van der Waals surface area contributed by atoms with Crippen molar-refractivity contribution in [2.24, 2.45) is 0 Å². The fraction of sp³-hybridized carbons (Fsp3) is 0.474. The Bertz CT molecular complexity index is 804. The van der Waals surface area contributed by atoms with Crippen LogP contribution in [0.2, 0.25) is 0 Å². The fourth-order valence-electron chi connectivity index (χ4n) is 2.41. The van der Waals surface area contributed by atoms with Crippen molar-refractivity contribution in [2.75, 3.05) is 20.3 Å². The lowest BCUT2D eigenvalue weighted by atomic mass is 10.2. The van der Waals surface area contributed by atoms with Crippen molar-refractivity contribution in [1.29, 1.82) is 0 Å². The number of benzene rings is 1. The second-order valence-electron chi connectivity index (χ2n) is 6.34. The molecule has 0 unspecified atom stereocenters. The van der Waals surface area contributed by atoms with E-state index < -0.39 is 0 Å². The molecule has 146 valence electrons. The molecular weight excluding hydrogens is 348 g/mol. The summed E-state index contributed by atoms with van der Waals surface area (Å²) in [6.45, 7) is 5.02. The molecule has 0 bridgehead atoms. The number of amides is 1. The highest BCUT2D eigenvalue weighted by Crippen LogP contribution is 2.20. The molecule has 2 aromatic rings. The molecule has 0 aliphatic rings. The highest BCUT2D eigenvalue weighted by Gasteiger charge is 2.10. The predicted octanol–water partition coefficient (Wildman–Crippen LogP) is 1.70. The number of methoxy groups -OCH3 is 1. The number of rotatable bonds is 10. The number of nitrogens with zero attached hydrogens (tertiary/aromatic N) is 2. The zero-order valence-corrected chi connectivity index (χ0v) is 15.9. The van der Waals surface area contributed by atoms with Crippen LogP contribution in [0, 0.1) is 0 Å². The van der Waals surface area contributed by atoms with Crippen LogP contribution in [0.1, 0.15) is 32.4 Å². The van der Waals surface area contributed by atoms with E-state index in [-0.39, 0.29) is 36.1 Å². The first-order valence-electron chi connectivity index (χ1n) is 8.98. The SMILES string of the molecule is COCCCNC(=O)CCc1nnc(-c2cccc(OC(C)C)c2)[nH]c1=O. The number of nitrogens with one attached hydrogen (secondary N) is 2. The van der Waals surface area contributed by atoms with Crippen LogP contribution < -0.4 is 15.6 Å². The number of aromatic amines is 1. The van der Waals surface area contributed by atoms with Gasteiger partial charge >= 0.3 is 0 Å². The number of hydrogen-bond donors (Lipinski definition) is 2. The van der Waals surface area contributed by atoms with Crippen molar-refractivity contribution in [3.8, 4) is 17.1 Å². The smallest absolute Gasteiger partial charge is 0.273 e. The number of aromatic nitrogens is 3. The average Bonchev–Trinajstić information content (AvgIpc) is 2.64. The Morgan fingerprint density at radius 2 is 2.11 bits per heavy atom. The molecule has 1 aromatic carbocycles. The molecule has 0 saturated carbocycles. The van der Waals surface area contributed by atoms with E-state index in [1.807, 2.05) is 32.0 Å². The summed E-state index contributed by atoms with van der Waals surface area (Å²) in [5.74, 6) is 0.927. The molecule has 0 aliphatic heterocycles. The summed E-state index contributed by atoms with van der Waals surface area (Å²) in [7, 11) is 1.62. The molecule has 8 heteroatoms. The second-order valence-corrected chi connectivity index (χ2v) is 6.34. The van der Waals surface area contributed by atoms with Gasteiger partial charge in [-0.25, -0.2) is 0 Å². The number of ether oxygens (including phenoxy) is 2. The van der Waals surface area contributed by atoms with Crippen LogP contribution in [0.5, 0.6) is 5.75 Å². The summed E-state index contributed by atoms with van der Waals surface area (Å²) in [6.07, 6.45) is 1.21. The van der Waals surface area contributed by atoms with E-state index in [1.165, 1.54) is 0 Å². The fourth-order valence-corrected chi connectivity index (χ4v) is 2.41. The van der Waals surface area contributed by atoms with E-state index in [1.54, 1.807) is 13.2 Å². The molecule has 2 N–H and O–H groups in total. The van der Waals surface area contributed by atoms with Crippen molar-refractivity contribution in [3.05, 3.63) is 40.3 Å². The quantitative estimate of drug-likeness (QED) is 0.613. The molecule has 1 amide bonds. The van der Waals surface area contributed by atoms with E-state index in [0.29, 0.717) is 30.3 Å². The zero-order chi connectivity index (χ0) is 19.6. The maximum atomic E-state index is 12.3. The van der Waals surface area contributed by atoms with Crippen molar-refractivity contribution < 1.29 is 14.3 Å². The van der Waals surface area contributed by atoms with Gasteiger partial charge in [0.2, 0.25) is 5.91 Å². The molecule has 8 nitrogen and oxygen atoms in total. The monoisotopic (exact) mass is 374 g/mol. The summed E-state index contributed by atoms with van der Waals surface area (Å²) < 4.78 is 10.6. The molecule has 2 rings (SSSR count). The molecule has 0 fully saturated rings. The standard InChI is InChI=1S/C19H26N4O4/c1-13(2)27-15-7-4-6-14(12-15)18-21-19(25)16(22-23-18)8-9-17(24)20-10-5-11-26-3/h4,6-7,12-13H,5,8-11H2,1-3H3,(H,20,24)(H,21,23,25). The first kappa shape index (κ1) is 20.6. The molecule has 0 aliphatic carbocycles. The third kappa shape index (κ3) is 6.82. The Balaban J connectivity index is 1.97. The summed E-state index contributed by atoms with van der Waals surface area (Å²) in [6, 6.07) is 7.29. The number of H-pyrrole nitrogens is 1. The van der Waals surface area contributed by atoms with Gasteiger partial charge in [0.15, 0.2) is 5.82 Å². The largest absolute Gasteiger partial charge is 0.491 e. The van der Waals surface area contributed by atoms with Gasteiger partial charge in [-0.05, 0) is 32.4 Å². The normalized spacial score (nSPS) is 10.8. The minimum atomic E-state index is -0.345. The van der Waals surface area contributed by atoms with Crippen molar-refractivity contribution in [2.45, 2.75) is 39.2 Å². The van der Waals surface area contributed by atoms with Crippen LogP contribution in [0.25, 0.3) is 11.4 Å². The van der Waals surface area contributed by atoms with Gasteiger partial charge in [0.1, 0.15) is 11.4 Å². The van der Waals surface area contributed by atoms with E-state index in [4.69, 9.17) is 9.47 Å². The molecule has 0 atom stereocenters. The number of aryl methyl sites for hydroxylation is 1. The van der Waals surface area contributed by atoms with Gasteiger partial charge in [-0.15, -0.1) is 10.2 Å². The van der Waals surface area contributed by atoms with Crippen LogP contribution >= 0.6 is 0 Å². The van der Waals surface area contributed by atoms with Crippen molar-refractivity contribution in [1.82, 2.24) is 20.5 Å². The molecule has 0 spiro atoms. The lowest BCUT2D eigenvalue weighted by molar-refractivity contribution is -0.121. The van der Waals surface area contributed by atoms with Gasteiger partial charge in [-0.1, -0.05) is 12.1 Å². The van der Waals surface area contributed by atoms with E-state index in [0.717, 1.165) is 6.42 Å². The first-order chi connectivity index (χ1) is 13.0. The highest BCUT2D eigenvalue weighted by molar-refractivity contribution is 5.76. The van der Waals surface area contributed by atoms with E-state index in [9.17, 15) is 9.59 Å². The number of carbonyl (C=O) groups is 1. The average molecular weight is 374 g/mol. The van der Waals surface area contributed by atoms with Gasteiger partial charge < -0.3 is 19.8 Å². The van der Waals surface area contributed by atoms with Crippen LogP contribution in [-0.4, -0.2) is 47.5 Å². The maximum absolute atomic E-state index is 12.3. The Hall–Kier alpha value is -2.74. The summed E-state index contributed by atoms with van der Waals surface area (Å²) >= 11 is 0. The Kier molecular flexibility index (Phi) is 7.94. The third-order valence-corrected chi connectivity index (χ3v) is 3.68. The Morgan fingerprint density at radius 3 is 2.81 bits per heavy atom. The van der Waals surface area contributed by atoms with Crippen molar-refractivity contribution in [3.63, 3.8) is 0 Å². The minimum Gasteiger partial charge on any atom is -0.491 e. The summed E-state index contributed by atoms with van der Waals surface area (Å²) in [4.78, 5) is 26.8. The van der Waals surface area contributed by atoms with Crippen LogP contribution in [-0.2, 0) is 16.0 Å². The molecule has 1 aromatic heterocycles. The summed E-state index contributed by atoms with van der Waals surface area (Å²) in [5.41, 5.74) is 0.600. The van der Waals surface area contributed by atoms with Crippen LogP contribution in [0.3, 0.4) is 0 Å². The van der Waals surface area contributed by atoms with E-state index >= 15 is 0 Å². The first-order valence-corrected chi connectivity index (χ1v) is 8.98. The Morgan fingerprint density at radius 1 is 1.30 bits per heavy atom. The van der Waals surface area contributed by atoms with Gasteiger partial charge in [0.25, 0.3) is 5.56 Å². The van der Waals surface area contributed by atoms with Gasteiger partial charge in [-0.2, -0.15) is 0 Å². The second kappa shape index (κ2) is 10.4. The lowest BCUT2D eigenvalue weighted by Crippen LogP contribution is -2.27. The predicted molar refractivity (Wildman–Crippen MR) is 102 cm³/mol.